The smallest absolute Gasteiger partial charge is 0.271 e. The molecule has 1 heterocycles. The van der Waals surface area contributed by atoms with Crippen molar-refractivity contribution in [2.24, 2.45) is 5.73 Å². The number of rotatable bonds is 4. The summed E-state index contributed by atoms with van der Waals surface area (Å²) in [6.07, 6.45) is 2.45. The van der Waals surface area contributed by atoms with E-state index >= 15 is 0 Å². The Kier molecular flexibility index (Phi) is 4.42. The molecule has 1 aromatic carbocycles. The van der Waals surface area contributed by atoms with Gasteiger partial charge in [0.1, 0.15) is 0 Å². The fraction of sp³-hybridized carbons (Fsp3) is 0.286. The predicted molar refractivity (Wildman–Crippen MR) is 79.3 cm³/mol. The molecule has 106 valence electrons. The number of hydrogen-bond donors (Lipinski definition) is 2. The van der Waals surface area contributed by atoms with Crippen molar-refractivity contribution in [3.05, 3.63) is 46.7 Å². The van der Waals surface area contributed by atoms with Crippen LogP contribution >= 0.6 is 11.6 Å². The standard InChI is InChI=1S/C14H17ClN4O/c1-9(16)7-10-3-4-11(15)8-13(10)19-6-5-12(18-19)14(20)17-2/h3-6,8-9H,7,16H2,1-2H3,(H,17,20). The largest absolute Gasteiger partial charge is 0.354 e. The number of nitrogens with zero attached hydrogens (tertiary/aromatic N) is 2. The third-order valence-electron chi connectivity index (χ3n) is 2.88. The van der Waals surface area contributed by atoms with E-state index in [0.717, 1.165) is 11.3 Å². The number of aromatic nitrogens is 2. The Morgan fingerprint density at radius 1 is 1.50 bits per heavy atom. The van der Waals surface area contributed by atoms with Gasteiger partial charge in [0, 0.05) is 24.3 Å². The molecule has 2 rings (SSSR count). The molecule has 5 nitrogen and oxygen atoms in total. The van der Waals surface area contributed by atoms with E-state index in [0.29, 0.717) is 17.1 Å². The summed E-state index contributed by atoms with van der Waals surface area (Å²) in [4.78, 5) is 11.6. The quantitative estimate of drug-likeness (QED) is 0.902. The summed E-state index contributed by atoms with van der Waals surface area (Å²) >= 11 is 6.05. The number of halogens is 1. The van der Waals surface area contributed by atoms with Crippen molar-refractivity contribution in [1.29, 1.82) is 0 Å². The molecular formula is C14H17ClN4O. The van der Waals surface area contributed by atoms with Crippen LogP contribution in [0.1, 0.15) is 23.0 Å². The number of carbonyl (C=O) groups is 1. The maximum atomic E-state index is 11.6. The van der Waals surface area contributed by atoms with Gasteiger partial charge in [-0.15, -0.1) is 0 Å². The zero-order chi connectivity index (χ0) is 14.7. The fourth-order valence-electron chi connectivity index (χ4n) is 1.98. The second-order valence-electron chi connectivity index (χ2n) is 4.68. The molecule has 0 radical (unpaired) electrons. The molecule has 0 saturated carbocycles. The number of nitrogens with one attached hydrogen (secondary N) is 1. The fourth-order valence-corrected chi connectivity index (χ4v) is 2.14. The Morgan fingerprint density at radius 3 is 2.90 bits per heavy atom. The van der Waals surface area contributed by atoms with E-state index in [1.165, 1.54) is 0 Å². The van der Waals surface area contributed by atoms with Gasteiger partial charge in [-0.05, 0) is 37.1 Å². The van der Waals surface area contributed by atoms with E-state index in [9.17, 15) is 4.79 Å². The Morgan fingerprint density at radius 2 is 2.25 bits per heavy atom. The van der Waals surface area contributed by atoms with E-state index in [4.69, 9.17) is 17.3 Å². The van der Waals surface area contributed by atoms with Crippen molar-refractivity contribution in [2.45, 2.75) is 19.4 Å². The van der Waals surface area contributed by atoms with Crippen LogP contribution in [0.3, 0.4) is 0 Å². The molecule has 0 bridgehead atoms. The summed E-state index contributed by atoms with van der Waals surface area (Å²) in [5.74, 6) is -0.223. The van der Waals surface area contributed by atoms with Crippen LogP contribution in [0.4, 0.5) is 0 Å². The molecule has 6 heteroatoms. The molecule has 20 heavy (non-hydrogen) atoms. The van der Waals surface area contributed by atoms with Crippen molar-refractivity contribution in [3.8, 4) is 5.69 Å². The summed E-state index contributed by atoms with van der Waals surface area (Å²) in [5.41, 5.74) is 8.09. The predicted octanol–water partition coefficient (Wildman–Crippen LogP) is 1.78. The molecule has 0 fully saturated rings. The van der Waals surface area contributed by atoms with Crippen LogP contribution in [0.25, 0.3) is 5.69 Å². The molecule has 0 aliphatic rings. The summed E-state index contributed by atoms with van der Waals surface area (Å²) in [6, 6.07) is 7.27. The lowest BCUT2D eigenvalue weighted by Crippen LogP contribution is -2.20. The van der Waals surface area contributed by atoms with Gasteiger partial charge in [-0.2, -0.15) is 5.10 Å². The van der Waals surface area contributed by atoms with E-state index in [-0.39, 0.29) is 11.9 Å². The van der Waals surface area contributed by atoms with Crippen LogP contribution in [0, 0.1) is 0 Å². The minimum absolute atomic E-state index is 0.0314. The second-order valence-corrected chi connectivity index (χ2v) is 5.12. The Bertz CT molecular complexity index is 621. The third kappa shape index (κ3) is 3.18. The third-order valence-corrected chi connectivity index (χ3v) is 3.12. The molecule has 1 atom stereocenters. The monoisotopic (exact) mass is 292 g/mol. The summed E-state index contributed by atoms with van der Waals surface area (Å²) < 4.78 is 1.65. The van der Waals surface area contributed by atoms with Crippen molar-refractivity contribution < 1.29 is 4.79 Å². The molecule has 0 aliphatic carbocycles. The SMILES string of the molecule is CNC(=O)c1ccn(-c2cc(Cl)ccc2CC(C)N)n1. The molecule has 2 aromatic rings. The summed E-state index contributed by atoms with van der Waals surface area (Å²) in [6.45, 7) is 1.94. The highest BCUT2D eigenvalue weighted by Gasteiger charge is 2.12. The normalized spacial score (nSPS) is 12.2. The summed E-state index contributed by atoms with van der Waals surface area (Å²) in [5, 5.41) is 7.43. The second kappa shape index (κ2) is 6.07. The lowest BCUT2D eigenvalue weighted by Gasteiger charge is -2.12. The van der Waals surface area contributed by atoms with E-state index in [2.05, 4.69) is 10.4 Å². The minimum atomic E-state index is -0.223. The van der Waals surface area contributed by atoms with Crippen molar-refractivity contribution in [1.82, 2.24) is 15.1 Å². The first kappa shape index (κ1) is 14.6. The first-order chi connectivity index (χ1) is 9.51. The molecule has 1 unspecified atom stereocenters. The van der Waals surface area contributed by atoms with Gasteiger partial charge in [-0.25, -0.2) is 4.68 Å². The zero-order valence-electron chi connectivity index (χ0n) is 11.4. The average molecular weight is 293 g/mol. The van der Waals surface area contributed by atoms with E-state index in [1.807, 2.05) is 25.1 Å². The highest BCUT2D eigenvalue weighted by Crippen LogP contribution is 2.21. The molecule has 0 saturated heterocycles. The van der Waals surface area contributed by atoms with E-state index < -0.39 is 0 Å². The Balaban J connectivity index is 2.42. The lowest BCUT2D eigenvalue weighted by atomic mass is 10.1. The number of hydrogen-bond acceptors (Lipinski definition) is 3. The van der Waals surface area contributed by atoms with Gasteiger partial charge in [0.05, 0.1) is 5.69 Å². The highest BCUT2D eigenvalue weighted by molar-refractivity contribution is 6.30. The van der Waals surface area contributed by atoms with Gasteiger partial charge in [-0.1, -0.05) is 17.7 Å². The maximum absolute atomic E-state index is 11.6. The topological polar surface area (TPSA) is 72.9 Å². The molecular weight excluding hydrogens is 276 g/mol. The highest BCUT2D eigenvalue weighted by atomic mass is 35.5. The van der Waals surface area contributed by atoms with Gasteiger partial charge >= 0.3 is 0 Å². The maximum Gasteiger partial charge on any atom is 0.271 e. The van der Waals surface area contributed by atoms with Gasteiger partial charge in [0.2, 0.25) is 0 Å². The van der Waals surface area contributed by atoms with Gasteiger partial charge < -0.3 is 11.1 Å². The molecule has 1 aromatic heterocycles. The van der Waals surface area contributed by atoms with Crippen molar-refractivity contribution >= 4 is 17.5 Å². The lowest BCUT2D eigenvalue weighted by molar-refractivity contribution is 0.0957. The number of carbonyl (C=O) groups excluding carboxylic acids is 1. The minimum Gasteiger partial charge on any atom is -0.354 e. The summed E-state index contributed by atoms with van der Waals surface area (Å²) in [7, 11) is 1.57. The first-order valence-corrected chi connectivity index (χ1v) is 6.71. The first-order valence-electron chi connectivity index (χ1n) is 6.33. The number of amides is 1. The Hall–Kier alpha value is -1.85. The van der Waals surface area contributed by atoms with Crippen LogP contribution in [0.2, 0.25) is 5.02 Å². The van der Waals surface area contributed by atoms with Crippen LogP contribution in [0.15, 0.2) is 30.5 Å². The van der Waals surface area contributed by atoms with E-state index in [1.54, 1.807) is 24.0 Å². The molecule has 0 aliphatic heterocycles. The molecule has 1 amide bonds. The van der Waals surface area contributed by atoms with Crippen LogP contribution in [-0.4, -0.2) is 28.8 Å². The number of benzene rings is 1. The van der Waals surface area contributed by atoms with Crippen molar-refractivity contribution in [2.75, 3.05) is 7.05 Å². The van der Waals surface area contributed by atoms with Gasteiger partial charge in [0.25, 0.3) is 5.91 Å². The average Bonchev–Trinajstić information content (AvgIpc) is 2.89. The van der Waals surface area contributed by atoms with Crippen LogP contribution in [-0.2, 0) is 6.42 Å². The molecule has 3 N–H and O–H groups in total. The molecule has 0 spiro atoms. The number of nitrogens with two attached hydrogens (primary N) is 1. The van der Waals surface area contributed by atoms with Gasteiger partial charge in [0.15, 0.2) is 5.69 Å². The van der Waals surface area contributed by atoms with Crippen LogP contribution < -0.4 is 11.1 Å². The van der Waals surface area contributed by atoms with Crippen molar-refractivity contribution in [3.63, 3.8) is 0 Å². The van der Waals surface area contributed by atoms with Gasteiger partial charge in [-0.3, -0.25) is 4.79 Å². The zero-order valence-corrected chi connectivity index (χ0v) is 12.2. The van der Waals surface area contributed by atoms with Crippen LogP contribution in [0.5, 0.6) is 0 Å². The Labute approximate surface area is 122 Å².